The molecule has 0 unspecified atom stereocenters. The second-order valence-electron chi connectivity index (χ2n) is 7.51. The monoisotopic (exact) mass is 513 g/mol. The third-order valence-electron chi connectivity index (χ3n) is 5.23. The Balaban J connectivity index is 0.00000306. The summed E-state index contributed by atoms with van der Waals surface area (Å²) < 4.78 is 32.8. The Bertz CT molecular complexity index is 1050. The molecule has 1 aliphatic rings. The number of ether oxygens (including phenoxy) is 1. The van der Waals surface area contributed by atoms with Gasteiger partial charge in [-0.25, -0.2) is 13.8 Å². The number of nitrogens with zero attached hydrogens (tertiary/aromatic N) is 3. The van der Waals surface area contributed by atoms with Crippen molar-refractivity contribution in [2.75, 3.05) is 50.0 Å². The zero-order chi connectivity index (χ0) is 22.3. The maximum absolute atomic E-state index is 13.6. The van der Waals surface area contributed by atoms with Crippen molar-refractivity contribution in [3.05, 3.63) is 54.1 Å². The first kappa shape index (κ1) is 25.8. The molecule has 178 valence electrons. The van der Waals surface area contributed by atoms with E-state index >= 15 is 0 Å². The molecule has 1 aromatic heterocycles. The van der Waals surface area contributed by atoms with Crippen molar-refractivity contribution in [3.8, 4) is 0 Å². The Morgan fingerprint density at radius 3 is 2.61 bits per heavy atom. The highest BCUT2D eigenvalue weighted by atomic mass is 35.5. The minimum absolute atomic E-state index is 0. The summed E-state index contributed by atoms with van der Waals surface area (Å²) in [5.41, 5.74) is 0.693. The van der Waals surface area contributed by atoms with Crippen molar-refractivity contribution in [2.24, 2.45) is 0 Å². The van der Waals surface area contributed by atoms with Crippen LogP contribution in [0.1, 0.15) is 12.8 Å². The predicted molar refractivity (Wildman–Crippen MR) is 133 cm³/mol. The maximum atomic E-state index is 13.6. The number of carbonyl (C=O) groups is 1. The number of fused-ring (bicyclic) bond motifs is 1. The van der Waals surface area contributed by atoms with Crippen LogP contribution in [0.2, 0.25) is 0 Å². The number of rotatable bonds is 9. The second kappa shape index (κ2) is 12.6. The number of hydrogen-bond donors (Lipinski definition) is 0. The van der Waals surface area contributed by atoms with Gasteiger partial charge in [0, 0.05) is 43.2 Å². The van der Waals surface area contributed by atoms with Gasteiger partial charge in [-0.2, -0.15) is 0 Å². The second-order valence-corrected chi connectivity index (χ2v) is 9.69. The highest BCUT2D eigenvalue weighted by Gasteiger charge is 2.20. The standard InChI is InChI=1S/C23H25F2N3O2S2.ClH/c24-17-2-5-19(6-3-17)31-15-8-22(29)28(10-1-9-27-11-13-30-14-12-27)23-26-20-7-4-18(25)16-21(20)32-23;/h2-7,16H,1,8-15H2;1H. The molecular formula is C23H26ClF2N3O2S2. The van der Waals surface area contributed by atoms with Crippen LogP contribution in [-0.4, -0.2) is 60.9 Å². The molecule has 1 fully saturated rings. The molecule has 2 aromatic carbocycles. The van der Waals surface area contributed by atoms with Gasteiger partial charge in [-0.05, 0) is 48.9 Å². The van der Waals surface area contributed by atoms with Crippen molar-refractivity contribution >= 4 is 56.8 Å². The number of amides is 1. The zero-order valence-corrected chi connectivity index (χ0v) is 20.5. The Morgan fingerprint density at radius 2 is 1.85 bits per heavy atom. The Kier molecular flexibility index (Phi) is 9.88. The molecule has 0 atom stereocenters. The van der Waals surface area contributed by atoms with Crippen LogP contribution >= 0.6 is 35.5 Å². The van der Waals surface area contributed by atoms with Crippen LogP contribution in [0.4, 0.5) is 13.9 Å². The van der Waals surface area contributed by atoms with Gasteiger partial charge in [-0.15, -0.1) is 24.2 Å². The van der Waals surface area contributed by atoms with Gasteiger partial charge < -0.3 is 4.74 Å². The fourth-order valence-corrected chi connectivity index (χ4v) is 5.40. The van der Waals surface area contributed by atoms with Gasteiger partial charge in [-0.3, -0.25) is 14.6 Å². The van der Waals surface area contributed by atoms with Gasteiger partial charge in [0.1, 0.15) is 11.6 Å². The molecule has 0 bridgehead atoms. The zero-order valence-electron chi connectivity index (χ0n) is 18.0. The number of benzene rings is 2. The number of thioether (sulfide) groups is 1. The Labute approximate surface area is 206 Å². The number of anilines is 1. The van der Waals surface area contributed by atoms with Crippen molar-refractivity contribution in [1.29, 1.82) is 0 Å². The fraction of sp³-hybridized carbons (Fsp3) is 0.391. The van der Waals surface area contributed by atoms with E-state index < -0.39 is 0 Å². The quantitative estimate of drug-likeness (QED) is 0.366. The third kappa shape index (κ3) is 7.35. The molecule has 1 saturated heterocycles. The molecule has 2 heterocycles. The van der Waals surface area contributed by atoms with E-state index in [0.717, 1.165) is 48.9 Å². The van der Waals surface area contributed by atoms with Gasteiger partial charge >= 0.3 is 0 Å². The summed E-state index contributed by atoms with van der Waals surface area (Å²) in [6.45, 7) is 4.74. The molecule has 3 aromatic rings. The first-order valence-corrected chi connectivity index (χ1v) is 12.4. The van der Waals surface area contributed by atoms with Crippen LogP contribution in [0.5, 0.6) is 0 Å². The van der Waals surface area contributed by atoms with Crippen LogP contribution in [0.3, 0.4) is 0 Å². The first-order chi connectivity index (χ1) is 15.6. The Hall–Kier alpha value is -1.78. The summed E-state index contributed by atoms with van der Waals surface area (Å²) in [7, 11) is 0. The lowest BCUT2D eigenvalue weighted by atomic mass is 10.3. The van der Waals surface area contributed by atoms with Crippen LogP contribution in [0, 0.1) is 11.6 Å². The molecule has 0 radical (unpaired) electrons. The van der Waals surface area contributed by atoms with E-state index in [1.807, 2.05) is 0 Å². The summed E-state index contributed by atoms with van der Waals surface area (Å²) in [6, 6.07) is 10.8. The number of morpholine rings is 1. The van der Waals surface area contributed by atoms with Gasteiger partial charge in [-0.1, -0.05) is 11.3 Å². The maximum Gasteiger partial charge on any atom is 0.229 e. The van der Waals surface area contributed by atoms with E-state index in [0.29, 0.717) is 29.4 Å². The summed E-state index contributed by atoms with van der Waals surface area (Å²) in [4.78, 5) is 22.7. The van der Waals surface area contributed by atoms with Crippen molar-refractivity contribution in [2.45, 2.75) is 17.7 Å². The topological polar surface area (TPSA) is 45.7 Å². The van der Waals surface area contributed by atoms with E-state index in [4.69, 9.17) is 4.74 Å². The van der Waals surface area contributed by atoms with Crippen molar-refractivity contribution < 1.29 is 18.3 Å². The van der Waals surface area contributed by atoms with Crippen LogP contribution in [0.25, 0.3) is 10.2 Å². The van der Waals surface area contributed by atoms with E-state index in [1.54, 1.807) is 23.1 Å². The van der Waals surface area contributed by atoms with E-state index in [2.05, 4.69) is 9.88 Å². The molecule has 0 spiro atoms. The fourth-order valence-electron chi connectivity index (χ4n) is 3.53. The molecule has 0 N–H and O–H groups in total. The normalized spacial score (nSPS) is 14.2. The number of carbonyl (C=O) groups excluding carboxylic acids is 1. The van der Waals surface area contributed by atoms with Crippen LogP contribution in [-0.2, 0) is 9.53 Å². The SMILES string of the molecule is Cl.O=C(CCSc1ccc(F)cc1)N(CCCN1CCOCC1)c1nc2ccc(F)cc2s1. The van der Waals surface area contributed by atoms with Crippen molar-refractivity contribution in [1.82, 2.24) is 9.88 Å². The molecule has 0 aliphatic carbocycles. The highest BCUT2D eigenvalue weighted by molar-refractivity contribution is 7.99. The number of halogens is 3. The van der Waals surface area contributed by atoms with Gasteiger partial charge in [0.2, 0.25) is 5.91 Å². The third-order valence-corrected chi connectivity index (χ3v) is 7.28. The Morgan fingerprint density at radius 1 is 1.12 bits per heavy atom. The number of aromatic nitrogens is 1. The lowest BCUT2D eigenvalue weighted by molar-refractivity contribution is -0.118. The van der Waals surface area contributed by atoms with Crippen LogP contribution in [0.15, 0.2) is 47.4 Å². The predicted octanol–water partition coefficient (Wildman–Crippen LogP) is 5.23. The molecule has 33 heavy (non-hydrogen) atoms. The van der Waals surface area contributed by atoms with E-state index in [1.165, 1.54) is 47.4 Å². The molecular weight excluding hydrogens is 488 g/mol. The summed E-state index contributed by atoms with van der Waals surface area (Å²) in [5.74, 6) is -0.0110. The van der Waals surface area contributed by atoms with Gasteiger partial charge in [0.15, 0.2) is 5.13 Å². The lowest BCUT2D eigenvalue weighted by Crippen LogP contribution is -2.39. The molecule has 4 rings (SSSR count). The number of hydrogen-bond acceptors (Lipinski definition) is 6. The molecule has 5 nitrogen and oxygen atoms in total. The van der Waals surface area contributed by atoms with Gasteiger partial charge in [0.25, 0.3) is 0 Å². The summed E-state index contributed by atoms with van der Waals surface area (Å²) in [6.07, 6.45) is 1.16. The first-order valence-electron chi connectivity index (χ1n) is 10.6. The van der Waals surface area contributed by atoms with E-state index in [-0.39, 0.29) is 29.9 Å². The molecule has 1 amide bonds. The van der Waals surface area contributed by atoms with E-state index in [9.17, 15) is 13.6 Å². The molecule has 0 saturated carbocycles. The smallest absolute Gasteiger partial charge is 0.229 e. The van der Waals surface area contributed by atoms with Gasteiger partial charge in [0.05, 0.1) is 23.4 Å². The minimum Gasteiger partial charge on any atom is -0.379 e. The molecule has 1 aliphatic heterocycles. The van der Waals surface area contributed by atoms with Crippen molar-refractivity contribution in [3.63, 3.8) is 0 Å². The minimum atomic E-state index is -0.311. The summed E-state index contributed by atoms with van der Waals surface area (Å²) in [5, 5.41) is 0.601. The lowest BCUT2D eigenvalue weighted by Gasteiger charge is -2.27. The number of thiazole rings is 1. The van der Waals surface area contributed by atoms with Crippen LogP contribution < -0.4 is 4.90 Å². The average Bonchev–Trinajstić information content (AvgIpc) is 3.21. The molecule has 10 heteroatoms. The highest BCUT2D eigenvalue weighted by Crippen LogP contribution is 2.30. The average molecular weight is 514 g/mol. The summed E-state index contributed by atoms with van der Waals surface area (Å²) >= 11 is 2.86. The largest absolute Gasteiger partial charge is 0.379 e.